The Morgan fingerprint density at radius 2 is 2.10 bits per heavy atom. The number of hydrogen-bond donors (Lipinski definition) is 1. The summed E-state index contributed by atoms with van der Waals surface area (Å²) in [6.45, 7) is 7.87. The van der Waals surface area contributed by atoms with Crippen LogP contribution in [0.1, 0.15) is 31.9 Å². The smallest absolute Gasteiger partial charge is 0.0686 e. The zero-order valence-corrected chi connectivity index (χ0v) is 15.2. The lowest BCUT2D eigenvalue weighted by molar-refractivity contribution is 0.196. The van der Waals surface area contributed by atoms with Crippen molar-refractivity contribution in [3.63, 3.8) is 0 Å². The quantitative estimate of drug-likeness (QED) is 0.780. The van der Waals surface area contributed by atoms with Crippen molar-refractivity contribution in [2.75, 3.05) is 26.2 Å². The highest BCUT2D eigenvalue weighted by molar-refractivity contribution is 9.11. The maximum Gasteiger partial charge on any atom is 0.0686 e. The van der Waals surface area contributed by atoms with Gasteiger partial charge in [-0.25, -0.2) is 0 Å². The second-order valence-corrected chi connectivity index (χ2v) is 7.28. The van der Waals surface area contributed by atoms with Gasteiger partial charge < -0.3 is 5.32 Å². The van der Waals surface area contributed by atoms with Crippen molar-refractivity contribution >= 4 is 31.9 Å². The predicted octanol–water partition coefficient (Wildman–Crippen LogP) is 3.82. The summed E-state index contributed by atoms with van der Waals surface area (Å²) < 4.78 is 2.12. The van der Waals surface area contributed by atoms with E-state index in [2.05, 4.69) is 60.1 Å². The number of nitrogens with zero attached hydrogens (tertiary/aromatic N) is 2. The van der Waals surface area contributed by atoms with E-state index in [9.17, 15) is 0 Å². The van der Waals surface area contributed by atoms with Crippen molar-refractivity contribution < 1.29 is 0 Å². The Balaban J connectivity index is 1.96. The Bertz CT molecular complexity index is 420. The first-order chi connectivity index (χ1) is 9.69. The molecule has 1 fully saturated rings. The van der Waals surface area contributed by atoms with E-state index in [1.807, 2.05) is 6.20 Å². The maximum absolute atomic E-state index is 4.55. The monoisotopic (exact) mass is 403 g/mol. The summed E-state index contributed by atoms with van der Waals surface area (Å²) >= 11 is 7.08. The van der Waals surface area contributed by atoms with E-state index in [4.69, 9.17) is 0 Å². The van der Waals surface area contributed by atoms with E-state index in [1.54, 1.807) is 0 Å². The van der Waals surface area contributed by atoms with E-state index in [0.29, 0.717) is 0 Å². The van der Waals surface area contributed by atoms with Crippen molar-refractivity contribution in [1.29, 1.82) is 0 Å². The largest absolute Gasteiger partial charge is 0.317 e. The van der Waals surface area contributed by atoms with Crippen LogP contribution in [0.25, 0.3) is 0 Å². The third-order valence-electron chi connectivity index (χ3n) is 3.77. The summed E-state index contributed by atoms with van der Waals surface area (Å²) in [7, 11) is 0. The molecule has 1 saturated heterocycles. The molecule has 0 aliphatic carbocycles. The summed E-state index contributed by atoms with van der Waals surface area (Å²) in [5.41, 5.74) is 1.13. The van der Waals surface area contributed by atoms with Gasteiger partial charge >= 0.3 is 0 Å². The van der Waals surface area contributed by atoms with E-state index >= 15 is 0 Å². The fourth-order valence-corrected chi connectivity index (χ4v) is 3.86. The van der Waals surface area contributed by atoms with Crippen LogP contribution in [0, 0.1) is 5.92 Å². The fourth-order valence-electron chi connectivity index (χ4n) is 2.75. The highest BCUT2D eigenvalue weighted by Crippen LogP contribution is 2.22. The Hall–Kier alpha value is 0.0300. The van der Waals surface area contributed by atoms with Gasteiger partial charge in [0.2, 0.25) is 0 Å². The molecule has 0 atom stereocenters. The van der Waals surface area contributed by atoms with E-state index in [-0.39, 0.29) is 0 Å². The lowest BCUT2D eigenvalue weighted by Gasteiger charge is -2.30. The molecule has 1 aliphatic heterocycles. The minimum Gasteiger partial charge on any atom is -0.317 e. The van der Waals surface area contributed by atoms with Gasteiger partial charge in [0.15, 0.2) is 0 Å². The Morgan fingerprint density at radius 3 is 2.75 bits per heavy atom. The van der Waals surface area contributed by atoms with Crippen LogP contribution in [0.5, 0.6) is 0 Å². The van der Waals surface area contributed by atoms with Crippen LogP contribution >= 0.6 is 31.9 Å². The van der Waals surface area contributed by atoms with Crippen LogP contribution in [-0.4, -0.2) is 36.1 Å². The van der Waals surface area contributed by atoms with Crippen molar-refractivity contribution in [3.8, 4) is 0 Å². The number of hydrogen-bond acceptors (Lipinski definition) is 3. The third kappa shape index (κ3) is 5.10. The first-order valence-corrected chi connectivity index (χ1v) is 9.00. The Morgan fingerprint density at radius 1 is 1.35 bits per heavy atom. The van der Waals surface area contributed by atoms with Crippen molar-refractivity contribution in [2.24, 2.45) is 5.92 Å². The van der Waals surface area contributed by atoms with Crippen LogP contribution in [0.3, 0.4) is 0 Å². The van der Waals surface area contributed by atoms with Crippen LogP contribution in [0.2, 0.25) is 0 Å². The molecule has 1 N–H and O–H groups in total. The number of aromatic nitrogens is 1. The molecular weight excluding hydrogens is 382 g/mol. The average molecular weight is 405 g/mol. The molecule has 0 amide bonds. The molecule has 2 heterocycles. The van der Waals surface area contributed by atoms with Gasteiger partial charge in [-0.05, 0) is 82.7 Å². The zero-order valence-electron chi connectivity index (χ0n) is 12.0. The fraction of sp³-hybridized carbons (Fsp3) is 0.667. The molecule has 112 valence electrons. The highest BCUT2D eigenvalue weighted by atomic mass is 79.9. The molecule has 20 heavy (non-hydrogen) atoms. The predicted molar refractivity (Wildman–Crippen MR) is 90.8 cm³/mol. The summed E-state index contributed by atoms with van der Waals surface area (Å²) in [5, 5.41) is 3.44. The van der Waals surface area contributed by atoms with Gasteiger partial charge in [-0.2, -0.15) is 0 Å². The number of pyridine rings is 1. The molecule has 0 radical (unpaired) electrons. The number of nitrogens with one attached hydrogen (secondary N) is 1. The minimum absolute atomic E-state index is 0.831. The molecule has 1 aromatic heterocycles. The van der Waals surface area contributed by atoms with Crippen molar-refractivity contribution in [3.05, 3.63) is 26.9 Å². The number of piperidine rings is 1. The summed E-state index contributed by atoms with van der Waals surface area (Å²) in [6.07, 6.45) is 5.68. The average Bonchev–Trinajstić information content (AvgIpc) is 2.43. The molecule has 1 aliphatic rings. The molecule has 1 aromatic rings. The van der Waals surface area contributed by atoms with Crippen LogP contribution in [0.4, 0.5) is 0 Å². The normalized spacial score (nSPS) is 16.8. The first kappa shape index (κ1) is 16.4. The van der Waals surface area contributed by atoms with E-state index in [1.165, 1.54) is 38.9 Å². The molecule has 3 nitrogen and oxygen atoms in total. The van der Waals surface area contributed by atoms with Crippen molar-refractivity contribution in [2.45, 2.75) is 32.7 Å². The second kappa shape index (κ2) is 8.47. The van der Waals surface area contributed by atoms with Gasteiger partial charge in [-0.15, -0.1) is 0 Å². The molecule has 0 unspecified atom stereocenters. The Labute approximate surface area is 138 Å². The lowest BCUT2D eigenvalue weighted by atomic mass is 9.97. The van der Waals surface area contributed by atoms with Crippen LogP contribution in [-0.2, 0) is 6.54 Å². The standard InChI is InChI=1S/C15H23Br2N3/c1-2-7-20(10-12-3-5-18-6-4-12)11-15-14(17)8-13(16)9-19-15/h8-9,12,18H,2-7,10-11H2,1H3. The van der Waals surface area contributed by atoms with Gasteiger partial charge in [0.1, 0.15) is 0 Å². The van der Waals surface area contributed by atoms with Gasteiger partial charge in [0.25, 0.3) is 0 Å². The van der Waals surface area contributed by atoms with Crippen molar-refractivity contribution in [1.82, 2.24) is 15.2 Å². The number of rotatable bonds is 6. The van der Waals surface area contributed by atoms with Crippen LogP contribution < -0.4 is 5.32 Å². The molecule has 2 rings (SSSR count). The van der Waals surface area contributed by atoms with Gasteiger partial charge in [-0.3, -0.25) is 9.88 Å². The highest BCUT2D eigenvalue weighted by Gasteiger charge is 2.17. The Kier molecular flexibility index (Phi) is 6.94. The maximum atomic E-state index is 4.55. The molecule has 0 spiro atoms. The van der Waals surface area contributed by atoms with Crippen LogP contribution in [0.15, 0.2) is 21.2 Å². The zero-order chi connectivity index (χ0) is 14.4. The molecule has 0 bridgehead atoms. The molecule has 0 saturated carbocycles. The minimum atomic E-state index is 0.831. The molecular formula is C15H23Br2N3. The topological polar surface area (TPSA) is 28.2 Å². The SMILES string of the molecule is CCCN(Cc1ncc(Br)cc1Br)CC1CCNCC1. The first-order valence-electron chi connectivity index (χ1n) is 7.42. The van der Waals surface area contributed by atoms with E-state index in [0.717, 1.165) is 33.6 Å². The summed E-state index contributed by atoms with van der Waals surface area (Å²) in [5.74, 6) is 0.831. The lowest BCUT2D eigenvalue weighted by Crippen LogP contribution is -2.36. The summed E-state index contributed by atoms with van der Waals surface area (Å²) in [6, 6.07) is 2.08. The van der Waals surface area contributed by atoms with Gasteiger partial charge in [0.05, 0.1) is 5.69 Å². The van der Waals surface area contributed by atoms with E-state index < -0.39 is 0 Å². The second-order valence-electron chi connectivity index (χ2n) is 5.51. The number of halogens is 2. The third-order valence-corrected chi connectivity index (χ3v) is 4.89. The van der Waals surface area contributed by atoms with Gasteiger partial charge in [0, 0.05) is 28.2 Å². The van der Waals surface area contributed by atoms with Gasteiger partial charge in [-0.1, -0.05) is 6.92 Å². The molecule has 0 aromatic carbocycles. The molecule has 5 heteroatoms. The summed E-state index contributed by atoms with van der Waals surface area (Å²) in [4.78, 5) is 7.10.